The van der Waals surface area contributed by atoms with Crippen LogP contribution in [0.4, 0.5) is 0 Å². The van der Waals surface area contributed by atoms with E-state index in [-0.39, 0.29) is 17.6 Å². The number of nitrogens with one attached hydrogen (secondary N) is 1. The van der Waals surface area contributed by atoms with E-state index in [2.05, 4.69) is 12.2 Å². The van der Waals surface area contributed by atoms with Gasteiger partial charge in [0.25, 0.3) is 0 Å². The molecule has 3 aromatic carbocycles. The average molecular weight is 509 g/mol. The van der Waals surface area contributed by atoms with Gasteiger partial charge in [-0.3, -0.25) is 9.59 Å². The van der Waals surface area contributed by atoms with E-state index in [1.807, 2.05) is 85.8 Å². The summed E-state index contributed by atoms with van der Waals surface area (Å²) in [7, 11) is 0. The number of carbonyl (C=O) groups excluding carboxylic acids is 2. The number of rotatable bonds is 12. The summed E-state index contributed by atoms with van der Waals surface area (Å²) in [4.78, 5) is 29.7. The number of amides is 2. The first-order chi connectivity index (χ1) is 17.0. The van der Waals surface area contributed by atoms with Crippen LogP contribution in [0.1, 0.15) is 36.5 Å². The lowest BCUT2D eigenvalue weighted by Gasteiger charge is -2.31. The summed E-state index contributed by atoms with van der Waals surface area (Å²) < 4.78 is 0. The Labute approximate surface area is 218 Å². The number of halogens is 1. The summed E-state index contributed by atoms with van der Waals surface area (Å²) >= 11 is 7.46. The quantitative estimate of drug-likeness (QED) is 0.231. The van der Waals surface area contributed by atoms with Crippen molar-refractivity contribution in [3.8, 4) is 0 Å². The zero-order valence-corrected chi connectivity index (χ0v) is 21.9. The number of hydrogen-bond donors (Lipinski definition) is 1. The molecule has 0 aliphatic rings. The SMILES string of the molecule is CCCCNC(=O)C(Cc1ccccc1)N(Cc1ccc(C)cc1)C(=O)CSc1ccc(Cl)cc1. The molecule has 3 rings (SSSR count). The molecule has 0 bridgehead atoms. The summed E-state index contributed by atoms with van der Waals surface area (Å²) in [5.41, 5.74) is 3.18. The van der Waals surface area contributed by atoms with Gasteiger partial charge in [0.2, 0.25) is 11.8 Å². The summed E-state index contributed by atoms with van der Waals surface area (Å²) in [6.45, 7) is 5.11. The molecule has 3 aromatic rings. The van der Waals surface area contributed by atoms with Crippen LogP contribution < -0.4 is 5.32 Å². The van der Waals surface area contributed by atoms with Crippen molar-refractivity contribution in [2.45, 2.75) is 50.6 Å². The molecule has 0 aromatic heterocycles. The van der Waals surface area contributed by atoms with Gasteiger partial charge in [0.1, 0.15) is 6.04 Å². The van der Waals surface area contributed by atoms with E-state index in [9.17, 15) is 9.59 Å². The monoisotopic (exact) mass is 508 g/mol. The van der Waals surface area contributed by atoms with Crippen molar-refractivity contribution in [2.75, 3.05) is 12.3 Å². The fraction of sp³-hybridized carbons (Fsp3) is 0.310. The first-order valence-corrected chi connectivity index (χ1v) is 13.4. The van der Waals surface area contributed by atoms with Crippen LogP contribution >= 0.6 is 23.4 Å². The zero-order chi connectivity index (χ0) is 25.0. The van der Waals surface area contributed by atoms with E-state index in [1.54, 1.807) is 4.90 Å². The second-order valence-electron chi connectivity index (χ2n) is 8.60. The van der Waals surface area contributed by atoms with Gasteiger partial charge in [0.15, 0.2) is 0 Å². The fourth-order valence-electron chi connectivity index (χ4n) is 3.71. The highest BCUT2D eigenvalue weighted by Crippen LogP contribution is 2.23. The van der Waals surface area contributed by atoms with Crippen LogP contribution in [0.25, 0.3) is 0 Å². The molecule has 4 nitrogen and oxygen atoms in total. The summed E-state index contributed by atoms with van der Waals surface area (Å²) in [6, 6.07) is 24.9. The lowest BCUT2D eigenvalue weighted by atomic mass is 10.0. The average Bonchev–Trinajstić information content (AvgIpc) is 2.87. The second-order valence-corrected chi connectivity index (χ2v) is 10.1. The zero-order valence-electron chi connectivity index (χ0n) is 20.4. The molecule has 0 spiro atoms. The third-order valence-electron chi connectivity index (χ3n) is 5.75. The molecule has 1 atom stereocenters. The molecule has 0 fully saturated rings. The molecule has 0 radical (unpaired) electrons. The van der Waals surface area contributed by atoms with Gasteiger partial charge >= 0.3 is 0 Å². The summed E-state index contributed by atoms with van der Waals surface area (Å²) in [6.07, 6.45) is 2.36. The molecule has 0 aliphatic carbocycles. The fourth-order valence-corrected chi connectivity index (χ4v) is 4.62. The van der Waals surface area contributed by atoms with Crippen molar-refractivity contribution >= 4 is 35.2 Å². The van der Waals surface area contributed by atoms with Gasteiger partial charge in [0.05, 0.1) is 5.75 Å². The summed E-state index contributed by atoms with van der Waals surface area (Å²) in [5, 5.41) is 3.72. The van der Waals surface area contributed by atoms with Crippen molar-refractivity contribution in [3.63, 3.8) is 0 Å². The van der Waals surface area contributed by atoms with E-state index in [4.69, 9.17) is 11.6 Å². The van der Waals surface area contributed by atoms with E-state index in [1.165, 1.54) is 11.8 Å². The van der Waals surface area contributed by atoms with E-state index in [0.29, 0.717) is 24.5 Å². The molecule has 35 heavy (non-hydrogen) atoms. The Morgan fingerprint density at radius 2 is 1.63 bits per heavy atom. The highest BCUT2D eigenvalue weighted by Gasteiger charge is 2.30. The molecule has 1 N–H and O–H groups in total. The largest absolute Gasteiger partial charge is 0.354 e. The third kappa shape index (κ3) is 8.75. The Morgan fingerprint density at radius 1 is 0.943 bits per heavy atom. The van der Waals surface area contributed by atoms with Gasteiger partial charge in [0, 0.05) is 29.4 Å². The lowest BCUT2D eigenvalue weighted by molar-refractivity contribution is -0.139. The van der Waals surface area contributed by atoms with E-state index in [0.717, 1.165) is 34.4 Å². The molecular weight excluding hydrogens is 476 g/mol. The first-order valence-electron chi connectivity index (χ1n) is 12.0. The van der Waals surface area contributed by atoms with Crippen molar-refractivity contribution in [3.05, 3.63) is 101 Å². The Hall–Kier alpha value is -2.76. The minimum absolute atomic E-state index is 0.0721. The second kappa shape index (κ2) is 14.0. The molecule has 2 amide bonds. The molecule has 184 valence electrons. The van der Waals surface area contributed by atoms with E-state index < -0.39 is 6.04 Å². The van der Waals surface area contributed by atoms with Crippen molar-refractivity contribution < 1.29 is 9.59 Å². The van der Waals surface area contributed by atoms with Crippen molar-refractivity contribution in [1.29, 1.82) is 0 Å². The minimum Gasteiger partial charge on any atom is -0.354 e. The van der Waals surface area contributed by atoms with Gasteiger partial charge in [-0.05, 0) is 48.7 Å². The van der Waals surface area contributed by atoms with Gasteiger partial charge in [-0.25, -0.2) is 0 Å². The highest BCUT2D eigenvalue weighted by atomic mass is 35.5. The summed E-state index contributed by atoms with van der Waals surface area (Å²) in [5.74, 6) is 0.0532. The molecule has 0 saturated heterocycles. The molecule has 6 heteroatoms. The Bertz CT molecular complexity index is 1070. The van der Waals surface area contributed by atoms with Crippen molar-refractivity contribution in [1.82, 2.24) is 10.2 Å². The van der Waals surface area contributed by atoms with Crippen LogP contribution in [0, 0.1) is 6.92 Å². The smallest absolute Gasteiger partial charge is 0.243 e. The van der Waals surface area contributed by atoms with Gasteiger partial charge < -0.3 is 10.2 Å². The normalized spacial score (nSPS) is 11.6. The van der Waals surface area contributed by atoms with Gasteiger partial charge in [-0.2, -0.15) is 0 Å². The predicted octanol–water partition coefficient (Wildman–Crippen LogP) is 6.30. The molecular formula is C29H33ClN2O2S. The van der Waals surface area contributed by atoms with Crippen LogP contribution in [0.15, 0.2) is 83.8 Å². The number of aryl methyl sites for hydroxylation is 1. The number of nitrogens with zero attached hydrogens (tertiary/aromatic N) is 1. The van der Waals surface area contributed by atoms with Gasteiger partial charge in [-0.15, -0.1) is 11.8 Å². The maximum absolute atomic E-state index is 13.6. The predicted molar refractivity (Wildman–Crippen MR) is 146 cm³/mol. The topological polar surface area (TPSA) is 49.4 Å². The van der Waals surface area contributed by atoms with Crippen LogP contribution in [-0.4, -0.2) is 35.1 Å². The Balaban J connectivity index is 1.86. The molecule has 0 saturated carbocycles. The van der Waals surface area contributed by atoms with Gasteiger partial charge in [-0.1, -0.05) is 85.1 Å². The highest BCUT2D eigenvalue weighted by molar-refractivity contribution is 8.00. The number of thioether (sulfide) groups is 1. The molecule has 0 aliphatic heterocycles. The van der Waals surface area contributed by atoms with Crippen LogP contribution in [0.5, 0.6) is 0 Å². The van der Waals surface area contributed by atoms with Crippen LogP contribution in [0.2, 0.25) is 5.02 Å². The molecule has 1 unspecified atom stereocenters. The Morgan fingerprint density at radius 3 is 2.29 bits per heavy atom. The Kier molecular flexibility index (Phi) is 10.7. The minimum atomic E-state index is -0.603. The number of carbonyl (C=O) groups is 2. The lowest BCUT2D eigenvalue weighted by Crippen LogP contribution is -2.51. The van der Waals surface area contributed by atoms with Crippen molar-refractivity contribution in [2.24, 2.45) is 0 Å². The maximum atomic E-state index is 13.6. The number of hydrogen-bond acceptors (Lipinski definition) is 3. The standard InChI is InChI=1S/C29H33ClN2O2S/c1-3-4-18-31-29(34)27(19-23-8-6-5-7-9-23)32(20-24-12-10-22(2)11-13-24)28(33)21-35-26-16-14-25(30)15-17-26/h5-17,27H,3-4,18-21H2,1-2H3,(H,31,34). The van der Waals surface area contributed by atoms with E-state index >= 15 is 0 Å². The van der Waals surface area contributed by atoms with Crippen LogP contribution in [-0.2, 0) is 22.6 Å². The van der Waals surface area contributed by atoms with Crippen LogP contribution in [0.3, 0.4) is 0 Å². The third-order valence-corrected chi connectivity index (χ3v) is 7.00. The molecule has 0 heterocycles. The number of unbranched alkanes of at least 4 members (excludes halogenated alkanes) is 1. The first kappa shape index (κ1) is 26.8. The number of benzene rings is 3. The maximum Gasteiger partial charge on any atom is 0.243 e.